The van der Waals surface area contributed by atoms with Gasteiger partial charge in [-0.05, 0) is 50.9 Å². The molecule has 0 bridgehead atoms. The van der Waals surface area contributed by atoms with Crippen LogP contribution in [-0.4, -0.2) is 12.2 Å². The summed E-state index contributed by atoms with van der Waals surface area (Å²) in [5, 5.41) is 0. The van der Waals surface area contributed by atoms with Crippen molar-refractivity contribution in [3.8, 4) is 0 Å². The summed E-state index contributed by atoms with van der Waals surface area (Å²) in [4.78, 5) is 0. The Morgan fingerprint density at radius 2 is 2.00 bits per heavy atom. The number of hydrogen-bond acceptors (Lipinski definition) is 1. The molecule has 0 amide bonds. The van der Waals surface area contributed by atoms with Crippen LogP contribution in [0, 0.1) is 11.3 Å². The van der Waals surface area contributed by atoms with E-state index in [1.807, 2.05) is 0 Å². The topological polar surface area (TPSA) is 9.23 Å². The molecule has 0 unspecified atom stereocenters. The van der Waals surface area contributed by atoms with Crippen LogP contribution < -0.4 is 0 Å². The third-order valence-electron chi connectivity index (χ3n) is 4.85. The number of ether oxygens (including phenoxy) is 1. The first kappa shape index (κ1) is 12.2. The van der Waals surface area contributed by atoms with Gasteiger partial charge in [0.15, 0.2) is 0 Å². The van der Waals surface area contributed by atoms with Crippen molar-refractivity contribution in [2.75, 3.05) is 6.61 Å². The lowest BCUT2D eigenvalue weighted by Crippen LogP contribution is -2.49. The first-order valence-corrected chi connectivity index (χ1v) is 6.74. The van der Waals surface area contributed by atoms with Crippen LogP contribution >= 0.6 is 0 Å². The molecule has 0 N–H and O–H groups in total. The summed E-state index contributed by atoms with van der Waals surface area (Å²) in [7, 11) is 0. The third-order valence-corrected chi connectivity index (χ3v) is 4.85. The molecule has 1 heterocycles. The van der Waals surface area contributed by atoms with Crippen molar-refractivity contribution in [2.24, 2.45) is 11.3 Å². The normalized spacial score (nSPS) is 42.5. The van der Waals surface area contributed by atoms with Gasteiger partial charge in [-0.2, -0.15) is 0 Å². The van der Waals surface area contributed by atoms with Gasteiger partial charge in [0, 0.05) is 0 Å². The molecule has 1 nitrogen and oxygen atoms in total. The second-order valence-corrected chi connectivity index (χ2v) is 6.61. The number of fused-ring (bicyclic) bond motifs is 1. The summed E-state index contributed by atoms with van der Waals surface area (Å²) >= 11 is 0. The minimum Gasteiger partial charge on any atom is -0.371 e. The van der Waals surface area contributed by atoms with Gasteiger partial charge in [0.25, 0.3) is 0 Å². The fourth-order valence-electron chi connectivity index (χ4n) is 3.79. The lowest BCUT2D eigenvalue weighted by molar-refractivity contribution is -0.131. The summed E-state index contributed by atoms with van der Waals surface area (Å²) in [5.41, 5.74) is 2.08. The van der Waals surface area contributed by atoms with Gasteiger partial charge in [-0.25, -0.2) is 0 Å². The van der Waals surface area contributed by atoms with Gasteiger partial charge in [0.1, 0.15) is 0 Å². The van der Waals surface area contributed by atoms with E-state index in [2.05, 4.69) is 33.8 Å². The largest absolute Gasteiger partial charge is 0.371 e. The summed E-state index contributed by atoms with van der Waals surface area (Å²) in [6.07, 6.45) is 8.75. The summed E-state index contributed by atoms with van der Waals surface area (Å²) in [6.45, 7) is 10.3. The SMILES string of the molecule is C/C1=C/CO[C@]2(C)CCCC(C)(C)[C@@H]2CC1. The van der Waals surface area contributed by atoms with Crippen molar-refractivity contribution in [1.29, 1.82) is 0 Å². The molecule has 92 valence electrons. The lowest BCUT2D eigenvalue weighted by Gasteiger charge is -2.51. The molecule has 2 rings (SSSR count). The van der Waals surface area contributed by atoms with E-state index in [0.717, 1.165) is 12.5 Å². The maximum absolute atomic E-state index is 6.20. The van der Waals surface area contributed by atoms with Gasteiger partial charge in [-0.3, -0.25) is 0 Å². The van der Waals surface area contributed by atoms with E-state index in [-0.39, 0.29) is 5.60 Å². The molecule has 1 aliphatic carbocycles. The van der Waals surface area contributed by atoms with E-state index in [1.54, 1.807) is 0 Å². The number of allylic oxidation sites excluding steroid dienone is 1. The molecule has 1 aliphatic heterocycles. The van der Waals surface area contributed by atoms with E-state index in [9.17, 15) is 0 Å². The summed E-state index contributed by atoms with van der Waals surface area (Å²) in [6, 6.07) is 0. The quantitative estimate of drug-likeness (QED) is 0.554. The number of hydrogen-bond donors (Lipinski definition) is 0. The highest BCUT2D eigenvalue weighted by molar-refractivity contribution is 5.05. The maximum atomic E-state index is 6.20. The number of rotatable bonds is 0. The summed E-state index contributed by atoms with van der Waals surface area (Å²) in [5.74, 6) is 0.720. The fraction of sp³-hybridized carbons (Fsp3) is 0.867. The average Bonchev–Trinajstić information content (AvgIpc) is 2.13. The van der Waals surface area contributed by atoms with Gasteiger partial charge in [-0.15, -0.1) is 0 Å². The Morgan fingerprint density at radius 3 is 2.75 bits per heavy atom. The van der Waals surface area contributed by atoms with E-state index < -0.39 is 0 Å². The molecular formula is C15H26O. The minimum absolute atomic E-state index is 0.124. The molecule has 1 fully saturated rings. The molecule has 2 aliphatic rings. The van der Waals surface area contributed by atoms with Crippen LogP contribution in [-0.2, 0) is 4.74 Å². The Hall–Kier alpha value is -0.300. The fourth-order valence-corrected chi connectivity index (χ4v) is 3.79. The monoisotopic (exact) mass is 222 g/mol. The van der Waals surface area contributed by atoms with Crippen LogP contribution in [0.1, 0.15) is 59.8 Å². The van der Waals surface area contributed by atoms with Gasteiger partial charge >= 0.3 is 0 Å². The van der Waals surface area contributed by atoms with E-state index >= 15 is 0 Å². The van der Waals surface area contributed by atoms with Crippen molar-refractivity contribution in [2.45, 2.75) is 65.4 Å². The minimum atomic E-state index is 0.124. The molecule has 0 aromatic heterocycles. The summed E-state index contributed by atoms with van der Waals surface area (Å²) < 4.78 is 6.20. The predicted octanol–water partition coefficient (Wildman–Crippen LogP) is 4.33. The first-order chi connectivity index (χ1) is 7.44. The average molecular weight is 222 g/mol. The van der Waals surface area contributed by atoms with Crippen molar-refractivity contribution < 1.29 is 4.74 Å². The van der Waals surface area contributed by atoms with Crippen LogP contribution in [0.25, 0.3) is 0 Å². The van der Waals surface area contributed by atoms with Crippen LogP contribution in [0.5, 0.6) is 0 Å². The van der Waals surface area contributed by atoms with Gasteiger partial charge in [0.2, 0.25) is 0 Å². The Morgan fingerprint density at radius 1 is 1.25 bits per heavy atom. The van der Waals surface area contributed by atoms with Crippen LogP contribution in [0.3, 0.4) is 0 Å². The van der Waals surface area contributed by atoms with E-state index in [1.165, 1.54) is 37.7 Å². The molecule has 16 heavy (non-hydrogen) atoms. The second kappa shape index (κ2) is 4.18. The van der Waals surface area contributed by atoms with Crippen molar-refractivity contribution in [3.05, 3.63) is 11.6 Å². The van der Waals surface area contributed by atoms with Crippen molar-refractivity contribution in [3.63, 3.8) is 0 Å². The molecule has 0 spiro atoms. The lowest BCUT2D eigenvalue weighted by atomic mass is 9.60. The molecule has 0 radical (unpaired) electrons. The van der Waals surface area contributed by atoms with Crippen molar-refractivity contribution >= 4 is 0 Å². The smallest absolute Gasteiger partial charge is 0.0692 e. The highest BCUT2D eigenvalue weighted by Crippen LogP contribution is 2.50. The van der Waals surface area contributed by atoms with E-state index in [0.29, 0.717) is 5.41 Å². The Labute approximate surface area is 100 Å². The maximum Gasteiger partial charge on any atom is 0.0692 e. The standard InChI is InChI=1S/C15H26O/c1-12-6-7-13-14(2,3)9-5-10-15(13,4)16-11-8-12/h8,13H,5-7,9-11H2,1-4H3/b12-8-/t13-,15+/m0/s1. The Bertz CT molecular complexity index is 290. The third kappa shape index (κ3) is 2.20. The first-order valence-electron chi connectivity index (χ1n) is 6.74. The van der Waals surface area contributed by atoms with Crippen LogP contribution in [0.2, 0.25) is 0 Å². The predicted molar refractivity (Wildman–Crippen MR) is 68.5 cm³/mol. The van der Waals surface area contributed by atoms with Gasteiger partial charge < -0.3 is 4.74 Å². The highest BCUT2D eigenvalue weighted by atomic mass is 16.5. The van der Waals surface area contributed by atoms with Gasteiger partial charge in [0.05, 0.1) is 12.2 Å². The Kier molecular flexibility index (Phi) is 3.18. The zero-order valence-corrected chi connectivity index (χ0v) is 11.3. The molecular weight excluding hydrogens is 196 g/mol. The van der Waals surface area contributed by atoms with Crippen LogP contribution in [0.15, 0.2) is 11.6 Å². The second-order valence-electron chi connectivity index (χ2n) is 6.61. The van der Waals surface area contributed by atoms with Gasteiger partial charge in [-0.1, -0.05) is 31.9 Å². The van der Waals surface area contributed by atoms with Crippen molar-refractivity contribution in [1.82, 2.24) is 0 Å². The van der Waals surface area contributed by atoms with Crippen LogP contribution in [0.4, 0.5) is 0 Å². The zero-order chi connectivity index (χ0) is 11.8. The Balaban J connectivity index is 2.24. The zero-order valence-electron chi connectivity index (χ0n) is 11.3. The van der Waals surface area contributed by atoms with E-state index in [4.69, 9.17) is 4.74 Å². The molecule has 0 aromatic rings. The molecule has 1 heteroatoms. The highest BCUT2D eigenvalue weighted by Gasteiger charge is 2.47. The molecule has 0 aromatic carbocycles. The molecule has 1 saturated carbocycles. The molecule has 0 saturated heterocycles. The molecule has 2 atom stereocenters.